The first-order valence-corrected chi connectivity index (χ1v) is 9.72. The Morgan fingerprint density at radius 2 is 2.00 bits per heavy atom. The molecule has 2 aromatic rings. The van der Waals surface area contributed by atoms with Crippen LogP contribution in [0.4, 0.5) is 4.39 Å². The van der Waals surface area contributed by atoms with Gasteiger partial charge < -0.3 is 14.4 Å². The average molecular weight is 361 g/mol. The van der Waals surface area contributed by atoms with Crippen LogP contribution in [0, 0.1) is 12.8 Å². The summed E-state index contributed by atoms with van der Waals surface area (Å²) in [5.41, 5.74) is 2.33. The number of aromatic amines is 1. The molecular weight excluding hydrogens is 333 g/mol. The SMILES string of the molecule is Cc1[nH]nc2cc(OCC3CCN(C4CCOCC4)CC3)cc(CF)c12. The lowest BCUT2D eigenvalue weighted by molar-refractivity contribution is 0.0175. The van der Waals surface area contributed by atoms with Crippen LogP contribution in [0.1, 0.15) is 36.9 Å². The topological polar surface area (TPSA) is 50.4 Å². The molecule has 2 aliphatic heterocycles. The van der Waals surface area contributed by atoms with Gasteiger partial charge in [-0.3, -0.25) is 5.10 Å². The van der Waals surface area contributed by atoms with E-state index in [1.807, 2.05) is 19.1 Å². The van der Waals surface area contributed by atoms with E-state index >= 15 is 0 Å². The molecule has 142 valence electrons. The largest absolute Gasteiger partial charge is 0.493 e. The summed E-state index contributed by atoms with van der Waals surface area (Å²) in [6.45, 7) is 6.21. The normalized spacial score (nSPS) is 20.7. The number of halogens is 1. The standard InChI is InChI=1S/C20H28FN3O2/c1-14-20-16(12-21)10-18(11-19(20)23-22-14)26-13-15-2-6-24(7-3-15)17-4-8-25-9-5-17/h10-11,15,17H,2-9,12-13H2,1H3,(H,22,23). The smallest absolute Gasteiger partial charge is 0.121 e. The lowest BCUT2D eigenvalue weighted by Gasteiger charge is -2.39. The zero-order chi connectivity index (χ0) is 17.9. The van der Waals surface area contributed by atoms with Gasteiger partial charge in [-0.2, -0.15) is 5.10 Å². The van der Waals surface area contributed by atoms with Crippen LogP contribution in [-0.2, 0) is 11.4 Å². The third-order valence-corrected chi connectivity index (χ3v) is 5.88. The molecule has 3 heterocycles. The molecule has 4 rings (SSSR count). The van der Waals surface area contributed by atoms with Gasteiger partial charge in [0.25, 0.3) is 0 Å². The minimum atomic E-state index is -0.502. The first-order chi connectivity index (χ1) is 12.7. The fourth-order valence-corrected chi connectivity index (χ4v) is 4.32. The minimum absolute atomic E-state index is 0.502. The molecule has 26 heavy (non-hydrogen) atoms. The van der Waals surface area contributed by atoms with E-state index in [9.17, 15) is 4.39 Å². The minimum Gasteiger partial charge on any atom is -0.493 e. The molecule has 5 nitrogen and oxygen atoms in total. The molecule has 0 atom stereocenters. The number of likely N-dealkylation sites (tertiary alicyclic amines) is 1. The Bertz CT molecular complexity index is 734. The van der Waals surface area contributed by atoms with Crippen molar-refractivity contribution in [2.45, 2.75) is 45.3 Å². The van der Waals surface area contributed by atoms with E-state index < -0.39 is 6.67 Å². The third-order valence-electron chi connectivity index (χ3n) is 5.88. The van der Waals surface area contributed by atoms with Crippen LogP contribution < -0.4 is 4.74 Å². The quantitative estimate of drug-likeness (QED) is 0.884. The Hall–Kier alpha value is -1.66. The lowest BCUT2D eigenvalue weighted by atomic mass is 9.95. The van der Waals surface area contributed by atoms with Crippen molar-refractivity contribution in [2.75, 3.05) is 32.9 Å². The van der Waals surface area contributed by atoms with Gasteiger partial charge in [-0.1, -0.05) is 0 Å². The Morgan fingerprint density at radius 1 is 1.23 bits per heavy atom. The Balaban J connectivity index is 1.33. The second-order valence-electron chi connectivity index (χ2n) is 7.59. The maximum Gasteiger partial charge on any atom is 0.121 e. The highest BCUT2D eigenvalue weighted by Gasteiger charge is 2.26. The van der Waals surface area contributed by atoms with E-state index in [-0.39, 0.29) is 0 Å². The average Bonchev–Trinajstić information content (AvgIpc) is 3.08. The number of ether oxygens (including phenoxy) is 2. The maximum atomic E-state index is 13.4. The van der Waals surface area contributed by atoms with Gasteiger partial charge in [0.1, 0.15) is 12.4 Å². The number of hydrogen-bond acceptors (Lipinski definition) is 4. The Morgan fingerprint density at radius 3 is 2.73 bits per heavy atom. The number of nitrogens with one attached hydrogen (secondary N) is 1. The molecule has 0 aliphatic carbocycles. The summed E-state index contributed by atoms with van der Waals surface area (Å²) >= 11 is 0. The van der Waals surface area contributed by atoms with E-state index in [0.717, 1.165) is 74.3 Å². The van der Waals surface area contributed by atoms with E-state index in [1.54, 1.807) is 0 Å². The first-order valence-electron chi connectivity index (χ1n) is 9.72. The molecule has 1 aromatic carbocycles. The van der Waals surface area contributed by atoms with Crippen LogP contribution >= 0.6 is 0 Å². The van der Waals surface area contributed by atoms with Crippen molar-refractivity contribution < 1.29 is 13.9 Å². The van der Waals surface area contributed by atoms with Crippen LogP contribution in [0.5, 0.6) is 5.75 Å². The molecule has 1 aromatic heterocycles. The number of aryl methyl sites for hydroxylation is 1. The molecule has 0 radical (unpaired) electrons. The van der Waals surface area contributed by atoms with Crippen LogP contribution in [0.15, 0.2) is 12.1 Å². The number of benzene rings is 1. The molecule has 1 N–H and O–H groups in total. The predicted octanol–water partition coefficient (Wildman–Crippen LogP) is 3.61. The maximum absolute atomic E-state index is 13.4. The highest BCUT2D eigenvalue weighted by atomic mass is 19.1. The van der Waals surface area contributed by atoms with Gasteiger partial charge in [0.15, 0.2) is 0 Å². The third kappa shape index (κ3) is 3.71. The number of rotatable bonds is 5. The summed E-state index contributed by atoms with van der Waals surface area (Å²) in [4.78, 5) is 2.62. The number of alkyl halides is 1. The molecule has 2 aliphatic rings. The van der Waals surface area contributed by atoms with Crippen molar-refractivity contribution in [1.29, 1.82) is 0 Å². The van der Waals surface area contributed by atoms with Gasteiger partial charge in [0, 0.05) is 36.4 Å². The van der Waals surface area contributed by atoms with E-state index in [4.69, 9.17) is 9.47 Å². The van der Waals surface area contributed by atoms with Gasteiger partial charge in [0.2, 0.25) is 0 Å². The van der Waals surface area contributed by atoms with E-state index in [1.165, 1.54) is 0 Å². The summed E-state index contributed by atoms with van der Waals surface area (Å²) in [5.74, 6) is 1.29. The number of aromatic nitrogens is 2. The molecule has 0 bridgehead atoms. The van der Waals surface area contributed by atoms with Crippen LogP contribution in [0.2, 0.25) is 0 Å². The zero-order valence-corrected chi connectivity index (χ0v) is 15.5. The molecular formula is C20H28FN3O2. The lowest BCUT2D eigenvalue weighted by Crippen LogP contribution is -2.44. The first kappa shape index (κ1) is 17.7. The van der Waals surface area contributed by atoms with Gasteiger partial charge in [0.05, 0.1) is 12.1 Å². The number of nitrogens with zero attached hydrogens (tertiary/aromatic N) is 2. The summed E-state index contributed by atoms with van der Waals surface area (Å²) in [7, 11) is 0. The number of fused-ring (bicyclic) bond motifs is 1. The molecule has 2 saturated heterocycles. The summed E-state index contributed by atoms with van der Waals surface area (Å²) in [6.07, 6.45) is 4.65. The van der Waals surface area contributed by atoms with Crippen LogP contribution in [0.25, 0.3) is 10.9 Å². The predicted molar refractivity (Wildman–Crippen MR) is 99.3 cm³/mol. The fraction of sp³-hybridized carbons (Fsp3) is 0.650. The second kappa shape index (κ2) is 7.92. The van der Waals surface area contributed by atoms with Crippen molar-refractivity contribution in [2.24, 2.45) is 5.92 Å². The number of H-pyrrole nitrogens is 1. The molecule has 0 saturated carbocycles. The number of hydrogen-bond donors (Lipinski definition) is 1. The number of piperidine rings is 1. The molecule has 6 heteroatoms. The van der Waals surface area contributed by atoms with Gasteiger partial charge in [-0.15, -0.1) is 0 Å². The fourth-order valence-electron chi connectivity index (χ4n) is 4.32. The summed E-state index contributed by atoms with van der Waals surface area (Å²) < 4.78 is 24.9. The monoisotopic (exact) mass is 361 g/mol. The van der Waals surface area contributed by atoms with E-state index in [2.05, 4.69) is 15.1 Å². The van der Waals surface area contributed by atoms with Crippen LogP contribution in [0.3, 0.4) is 0 Å². The molecule has 0 spiro atoms. The van der Waals surface area contributed by atoms with Crippen molar-refractivity contribution in [3.63, 3.8) is 0 Å². The molecule has 2 fully saturated rings. The highest BCUT2D eigenvalue weighted by molar-refractivity contribution is 5.86. The van der Waals surface area contributed by atoms with Crippen molar-refractivity contribution in [3.05, 3.63) is 23.4 Å². The highest BCUT2D eigenvalue weighted by Crippen LogP contribution is 2.29. The van der Waals surface area contributed by atoms with Gasteiger partial charge >= 0.3 is 0 Å². The molecule has 0 unspecified atom stereocenters. The van der Waals surface area contributed by atoms with Crippen molar-refractivity contribution in [3.8, 4) is 5.75 Å². The van der Waals surface area contributed by atoms with Crippen molar-refractivity contribution >= 4 is 10.9 Å². The summed E-state index contributed by atoms with van der Waals surface area (Å²) in [6, 6.07) is 4.43. The zero-order valence-electron chi connectivity index (χ0n) is 15.5. The molecule has 0 amide bonds. The van der Waals surface area contributed by atoms with Crippen LogP contribution in [-0.4, -0.2) is 54.0 Å². The summed E-state index contributed by atoms with van der Waals surface area (Å²) in [5, 5.41) is 8.07. The van der Waals surface area contributed by atoms with E-state index in [0.29, 0.717) is 24.1 Å². The van der Waals surface area contributed by atoms with Crippen molar-refractivity contribution in [1.82, 2.24) is 15.1 Å². The van der Waals surface area contributed by atoms with Gasteiger partial charge in [-0.25, -0.2) is 4.39 Å². The Labute approximate surface area is 153 Å². The Kier molecular flexibility index (Phi) is 5.41. The second-order valence-corrected chi connectivity index (χ2v) is 7.59. The van der Waals surface area contributed by atoms with Gasteiger partial charge in [-0.05, 0) is 63.2 Å².